The van der Waals surface area contributed by atoms with Gasteiger partial charge < -0.3 is 4.84 Å². The number of hydrogen-bond donors (Lipinski definition) is 2. The molecule has 0 saturated carbocycles. The molecule has 0 radical (unpaired) electrons. The Morgan fingerprint density at radius 3 is 2.29 bits per heavy atom. The number of nitrogens with one attached hydrogen (secondary N) is 1. The van der Waals surface area contributed by atoms with Gasteiger partial charge in [-0.3, -0.25) is 4.98 Å². The van der Waals surface area contributed by atoms with Crippen molar-refractivity contribution in [1.29, 1.82) is 0 Å². The van der Waals surface area contributed by atoms with Crippen LogP contribution in [-0.4, -0.2) is 15.0 Å². The molecule has 0 bridgehead atoms. The molecule has 0 saturated heterocycles. The molecule has 6 heteroatoms. The first-order valence-electron chi connectivity index (χ1n) is 5.50. The third-order valence-corrected chi connectivity index (χ3v) is 2.35. The average Bonchev–Trinajstić information content (AvgIpc) is 2.13. The summed E-state index contributed by atoms with van der Waals surface area (Å²) >= 11 is 0. The third kappa shape index (κ3) is 3.81. The number of rotatable bonds is 3. The Bertz CT molecular complexity index is 446. The largest absolute Gasteiger partial charge is 0.371 e. The summed E-state index contributed by atoms with van der Waals surface area (Å²) in [6, 6.07) is -0.106. The first-order chi connectivity index (χ1) is 7.64. The zero-order valence-electron chi connectivity index (χ0n) is 11.0. The second-order valence-electron chi connectivity index (χ2n) is 6.02. The van der Waals surface area contributed by atoms with E-state index in [4.69, 9.17) is 5.90 Å². The molecular weight excluding hydrogens is 220 g/mol. The van der Waals surface area contributed by atoms with E-state index in [1.54, 1.807) is 0 Å². The Morgan fingerprint density at radius 1 is 1.24 bits per heavy atom. The highest BCUT2D eigenvalue weighted by Crippen LogP contribution is 2.34. The SMILES string of the molecule is CC(C)(C)CC(C)(C)c1nc(ON)nc(=O)[nH]1. The van der Waals surface area contributed by atoms with Gasteiger partial charge in [0.05, 0.1) is 0 Å². The Hall–Kier alpha value is -1.43. The molecule has 0 fully saturated rings. The Kier molecular flexibility index (Phi) is 3.56. The maximum Gasteiger partial charge on any atom is 0.351 e. The fourth-order valence-corrected chi connectivity index (χ4v) is 2.15. The monoisotopic (exact) mass is 240 g/mol. The van der Waals surface area contributed by atoms with Gasteiger partial charge in [0.2, 0.25) is 0 Å². The van der Waals surface area contributed by atoms with E-state index < -0.39 is 5.69 Å². The van der Waals surface area contributed by atoms with Crippen molar-refractivity contribution in [3.05, 3.63) is 16.3 Å². The van der Waals surface area contributed by atoms with Crippen molar-refractivity contribution in [3.63, 3.8) is 0 Å². The van der Waals surface area contributed by atoms with Gasteiger partial charge in [0.1, 0.15) is 5.82 Å². The van der Waals surface area contributed by atoms with Crippen LogP contribution >= 0.6 is 0 Å². The smallest absolute Gasteiger partial charge is 0.351 e. The van der Waals surface area contributed by atoms with Crippen LogP contribution in [0.5, 0.6) is 6.01 Å². The molecule has 0 amide bonds. The van der Waals surface area contributed by atoms with Crippen molar-refractivity contribution in [2.24, 2.45) is 11.3 Å². The standard InChI is InChI=1S/C11H20N4O2/c1-10(2,3)6-11(4,5)7-13-8(16)15-9(14-7)17-12/h6,12H2,1-5H3,(H,13,14,15,16). The van der Waals surface area contributed by atoms with E-state index in [0.717, 1.165) is 6.42 Å². The molecule has 6 nitrogen and oxygen atoms in total. The molecule has 0 unspecified atom stereocenters. The Balaban J connectivity index is 3.14. The topological polar surface area (TPSA) is 93.9 Å². The van der Waals surface area contributed by atoms with Gasteiger partial charge in [-0.2, -0.15) is 10.9 Å². The van der Waals surface area contributed by atoms with E-state index in [0.29, 0.717) is 5.82 Å². The average molecular weight is 240 g/mol. The van der Waals surface area contributed by atoms with E-state index in [2.05, 4.69) is 40.6 Å². The van der Waals surface area contributed by atoms with Gasteiger partial charge in [0.25, 0.3) is 0 Å². The third-order valence-electron chi connectivity index (χ3n) is 2.35. The minimum atomic E-state index is -0.502. The van der Waals surface area contributed by atoms with Gasteiger partial charge >= 0.3 is 11.7 Å². The summed E-state index contributed by atoms with van der Waals surface area (Å²) in [5.41, 5.74) is -0.666. The lowest BCUT2D eigenvalue weighted by atomic mass is 9.76. The van der Waals surface area contributed by atoms with Crippen LogP contribution in [0.3, 0.4) is 0 Å². The summed E-state index contributed by atoms with van der Waals surface area (Å²) in [5.74, 6) is 5.52. The molecule has 1 rings (SSSR count). The van der Waals surface area contributed by atoms with Crippen LogP contribution in [0.25, 0.3) is 0 Å². The van der Waals surface area contributed by atoms with Crippen LogP contribution in [0, 0.1) is 5.41 Å². The van der Waals surface area contributed by atoms with Crippen LogP contribution in [-0.2, 0) is 5.41 Å². The summed E-state index contributed by atoms with van der Waals surface area (Å²) in [7, 11) is 0. The second kappa shape index (κ2) is 4.44. The van der Waals surface area contributed by atoms with E-state index in [1.165, 1.54) is 0 Å². The molecule has 0 aromatic carbocycles. The molecular formula is C11H20N4O2. The highest BCUT2D eigenvalue weighted by Gasteiger charge is 2.30. The van der Waals surface area contributed by atoms with Crippen molar-refractivity contribution < 1.29 is 4.84 Å². The molecule has 0 atom stereocenters. The fraction of sp³-hybridized carbons (Fsp3) is 0.727. The van der Waals surface area contributed by atoms with Gasteiger partial charge in [-0.25, -0.2) is 4.79 Å². The maximum absolute atomic E-state index is 11.3. The molecule has 0 aliphatic carbocycles. The van der Waals surface area contributed by atoms with E-state index in [-0.39, 0.29) is 16.8 Å². The number of H-pyrrole nitrogens is 1. The van der Waals surface area contributed by atoms with Crippen molar-refractivity contribution in [3.8, 4) is 6.01 Å². The summed E-state index contributed by atoms with van der Waals surface area (Å²) in [4.78, 5) is 26.0. The maximum atomic E-state index is 11.3. The molecule has 1 aromatic heterocycles. The Labute approximate surface area is 101 Å². The quantitative estimate of drug-likeness (QED) is 0.772. The number of nitrogens with zero attached hydrogens (tertiary/aromatic N) is 2. The lowest BCUT2D eigenvalue weighted by Crippen LogP contribution is -2.31. The molecule has 3 N–H and O–H groups in total. The molecule has 0 spiro atoms. The summed E-state index contributed by atoms with van der Waals surface area (Å²) in [6.45, 7) is 10.4. The van der Waals surface area contributed by atoms with Crippen molar-refractivity contribution in [2.75, 3.05) is 0 Å². The van der Waals surface area contributed by atoms with Crippen LogP contribution in [0.2, 0.25) is 0 Å². The van der Waals surface area contributed by atoms with Crippen molar-refractivity contribution in [2.45, 2.75) is 46.5 Å². The van der Waals surface area contributed by atoms with Crippen LogP contribution in [0.1, 0.15) is 46.9 Å². The van der Waals surface area contributed by atoms with Crippen LogP contribution < -0.4 is 16.4 Å². The van der Waals surface area contributed by atoms with Gasteiger partial charge in [0, 0.05) is 5.41 Å². The summed E-state index contributed by atoms with van der Waals surface area (Å²) in [5, 5.41) is 0. The molecule has 1 heterocycles. The number of aromatic nitrogens is 3. The van der Waals surface area contributed by atoms with Crippen molar-refractivity contribution in [1.82, 2.24) is 15.0 Å². The van der Waals surface area contributed by atoms with E-state index in [9.17, 15) is 4.79 Å². The lowest BCUT2D eigenvalue weighted by molar-refractivity contribution is 0.262. The van der Waals surface area contributed by atoms with Gasteiger partial charge in [-0.05, 0) is 11.8 Å². The molecule has 17 heavy (non-hydrogen) atoms. The fourth-order valence-electron chi connectivity index (χ4n) is 2.15. The zero-order chi connectivity index (χ0) is 13.3. The molecule has 1 aromatic rings. The molecule has 0 aliphatic rings. The minimum absolute atomic E-state index is 0.106. The van der Waals surface area contributed by atoms with Crippen molar-refractivity contribution >= 4 is 0 Å². The van der Waals surface area contributed by atoms with E-state index in [1.807, 2.05) is 13.8 Å². The van der Waals surface area contributed by atoms with Gasteiger partial charge in [-0.15, -0.1) is 4.98 Å². The predicted molar refractivity (Wildman–Crippen MR) is 64.6 cm³/mol. The Morgan fingerprint density at radius 2 is 1.82 bits per heavy atom. The highest BCUT2D eigenvalue weighted by atomic mass is 16.6. The molecule has 96 valence electrons. The normalized spacial score (nSPS) is 12.6. The highest BCUT2D eigenvalue weighted by molar-refractivity contribution is 5.07. The predicted octanol–water partition coefficient (Wildman–Crippen LogP) is 1.13. The van der Waals surface area contributed by atoms with Crippen LogP contribution in [0.4, 0.5) is 0 Å². The second-order valence-corrected chi connectivity index (χ2v) is 6.02. The van der Waals surface area contributed by atoms with E-state index >= 15 is 0 Å². The van der Waals surface area contributed by atoms with Crippen LogP contribution in [0.15, 0.2) is 4.79 Å². The number of nitrogens with two attached hydrogens (primary N) is 1. The number of hydrogen-bond acceptors (Lipinski definition) is 5. The zero-order valence-corrected chi connectivity index (χ0v) is 11.0. The first kappa shape index (κ1) is 13.6. The minimum Gasteiger partial charge on any atom is -0.371 e. The summed E-state index contributed by atoms with van der Waals surface area (Å²) in [6.07, 6.45) is 0.858. The first-order valence-corrected chi connectivity index (χ1v) is 5.50. The van der Waals surface area contributed by atoms with Gasteiger partial charge in [-0.1, -0.05) is 34.6 Å². The molecule has 0 aliphatic heterocycles. The van der Waals surface area contributed by atoms with Gasteiger partial charge in [0.15, 0.2) is 0 Å². The lowest BCUT2D eigenvalue weighted by Gasteiger charge is -2.31. The summed E-state index contributed by atoms with van der Waals surface area (Å²) < 4.78 is 0. The number of aromatic amines is 1.